The molecule has 2 heterocycles. The molecule has 0 N–H and O–H groups in total. The van der Waals surface area contributed by atoms with Crippen LogP contribution in [-0.4, -0.2) is 51.3 Å². The molecule has 0 unspecified atom stereocenters. The second-order valence-corrected chi connectivity index (χ2v) is 8.13. The van der Waals surface area contributed by atoms with E-state index in [9.17, 15) is 52.7 Å². The largest absolute Gasteiger partial charge is 0.422 e. The summed E-state index contributed by atoms with van der Waals surface area (Å²) in [6.07, 6.45) is -27.9. The summed E-state index contributed by atoms with van der Waals surface area (Å²) in [5.74, 6) is 0. The van der Waals surface area contributed by atoms with Gasteiger partial charge in [0.15, 0.2) is 0 Å². The number of rotatable bonds is 1. The van der Waals surface area contributed by atoms with Gasteiger partial charge >= 0.3 is 24.7 Å². The summed E-state index contributed by atoms with van der Waals surface area (Å²) in [4.78, 5) is 0. The van der Waals surface area contributed by atoms with Crippen LogP contribution in [0.5, 0.6) is 0 Å². The first-order valence-corrected chi connectivity index (χ1v) is 8.81. The Morgan fingerprint density at radius 1 is 0.688 bits per heavy atom. The van der Waals surface area contributed by atoms with Crippen LogP contribution >= 0.6 is 0 Å². The maximum atomic E-state index is 14.0. The predicted molar refractivity (Wildman–Crippen MR) is 86.5 cm³/mol. The minimum Gasteiger partial charge on any atom is -0.280 e. The van der Waals surface area contributed by atoms with Gasteiger partial charge in [-0.3, -0.25) is 5.01 Å². The second-order valence-electron chi connectivity index (χ2n) is 8.13. The van der Waals surface area contributed by atoms with Gasteiger partial charge in [-0.15, -0.1) is 0 Å². The molecule has 2 aliphatic rings. The quantitative estimate of drug-likeness (QED) is 0.420. The zero-order valence-electron chi connectivity index (χ0n) is 16.1. The highest BCUT2D eigenvalue weighted by Crippen LogP contribution is 2.67. The van der Waals surface area contributed by atoms with Gasteiger partial charge in [-0.1, -0.05) is 30.3 Å². The molecule has 0 saturated carbocycles. The third-order valence-electron chi connectivity index (χ3n) is 5.60. The van der Waals surface area contributed by atoms with Gasteiger partial charge in [0.05, 0.1) is 5.70 Å². The SMILES string of the molecule is CC1(C)CC(C(F)(F)F)(C(F)(F)F)N2C(c3ccccc3)=CC(C(F)(F)F)(C(F)(F)F)N21. The van der Waals surface area contributed by atoms with Gasteiger partial charge in [0.1, 0.15) is 0 Å². The van der Waals surface area contributed by atoms with Gasteiger partial charge in [0.25, 0.3) is 5.54 Å². The fourth-order valence-electron chi connectivity index (χ4n) is 4.47. The predicted octanol–water partition coefficient (Wildman–Crippen LogP) is 6.47. The van der Waals surface area contributed by atoms with Crippen LogP contribution in [0, 0.1) is 0 Å². The van der Waals surface area contributed by atoms with E-state index < -0.39 is 75.1 Å². The highest BCUT2D eigenvalue weighted by atomic mass is 19.4. The molecule has 0 aromatic heterocycles. The number of benzene rings is 1. The molecule has 0 aliphatic carbocycles. The lowest BCUT2D eigenvalue weighted by atomic mass is 9.82. The van der Waals surface area contributed by atoms with E-state index in [4.69, 9.17) is 0 Å². The van der Waals surface area contributed by atoms with E-state index in [0.717, 1.165) is 24.3 Å². The number of alkyl halides is 12. The Kier molecular flexibility index (Phi) is 4.96. The fraction of sp³-hybridized carbons (Fsp3) is 0.556. The molecular formula is C18H14F12N2. The van der Waals surface area contributed by atoms with Crippen LogP contribution in [0.1, 0.15) is 25.8 Å². The fourth-order valence-corrected chi connectivity index (χ4v) is 4.47. The van der Waals surface area contributed by atoms with Crippen LogP contribution in [-0.2, 0) is 0 Å². The first-order valence-electron chi connectivity index (χ1n) is 8.81. The first kappa shape index (κ1) is 24.5. The molecule has 0 bridgehead atoms. The van der Waals surface area contributed by atoms with E-state index in [0.29, 0.717) is 13.8 Å². The summed E-state index contributed by atoms with van der Waals surface area (Å²) in [5.41, 5.74) is -15.2. The zero-order chi connectivity index (χ0) is 24.8. The average Bonchev–Trinajstić information content (AvgIpc) is 3.07. The van der Waals surface area contributed by atoms with E-state index >= 15 is 0 Å². The number of hydrogen-bond acceptors (Lipinski definition) is 2. The molecule has 1 aromatic rings. The average molecular weight is 486 g/mol. The Labute approximate surface area is 173 Å². The number of nitrogens with zero attached hydrogens (tertiary/aromatic N) is 2. The minimum absolute atomic E-state index is 0.479. The van der Waals surface area contributed by atoms with Gasteiger partial charge in [0.2, 0.25) is 5.54 Å². The van der Waals surface area contributed by atoms with Crippen LogP contribution in [0.2, 0.25) is 0 Å². The molecular weight excluding hydrogens is 472 g/mol. The van der Waals surface area contributed by atoms with Crippen molar-refractivity contribution in [2.24, 2.45) is 0 Å². The van der Waals surface area contributed by atoms with Gasteiger partial charge in [0, 0.05) is 12.0 Å². The molecule has 1 fully saturated rings. The molecule has 0 amide bonds. The monoisotopic (exact) mass is 486 g/mol. The third kappa shape index (κ3) is 2.93. The van der Waals surface area contributed by atoms with Crippen molar-refractivity contribution in [2.45, 2.75) is 61.6 Å². The van der Waals surface area contributed by atoms with Crippen LogP contribution in [0.4, 0.5) is 52.7 Å². The van der Waals surface area contributed by atoms with Crippen LogP contribution in [0.3, 0.4) is 0 Å². The van der Waals surface area contributed by atoms with Crippen molar-refractivity contribution >= 4 is 5.70 Å². The van der Waals surface area contributed by atoms with E-state index in [2.05, 4.69) is 0 Å². The Morgan fingerprint density at radius 3 is 1.50 bits per heavy atom. The minimum atomic E-state index is -6.31. The number of hydrogen-bond donors (Lipinski definition) is 0. The molecule has 180 valence electrons. The van der Waals surface area contributed by atoms with Crippen molar-refractivity contribution in [2.75, 3.05) is 0 Å². The second kappa shape index (κ2) is 6.48. The van der Waals surface area contributed by atoms with Gasteiger partial charge in [-0.05, 0) is 25.5 Å². The number of hydrazine groups is 1. The maximum Gasteiger partial charge on any atom is 0.422 e. The Morgan fingerprint density at radius 2 is 1.12 bits per heavy atom. The van der Waals surface area contributed by atoms with Crippen molar-refractivity contribution in [3.63, 3.8) is 0 Å². The smallest absolute Gasteiger partial charge is 0.280 e. The molecule has 1 saturated heterocycles. The highest BCUT2D eigenvalue weighted by Gasteiger charge is 2.88. The molecule has 2 nitrogen and oxygen atoms in total. The van der Waals surface area contributed by atoms with Crippen molar-refractivity contribution in [1.29, 1.82) is 0 Å². The molecule has 1 aromatic carbocycles. The summed E-state index contributed by atoms with van der Waals surface area (Å²) in [5, 5.41) is -1.76. The molecule has 32 heavy (non-hydrogen) atoms. The lowest BCUT2D eigenvalue weighted by molar-refractivity contribution is -0.376. The normalized spacial score (nSPS) is 23.3. The molecule has 0 spiro atoms. The van der Waals surface area contributed by atoms with Crippen molar-refractivity contribution in [3.05, 3.63) is 42.0 Å². The van der Waals surface area contributed by atoms with Crippen LogP contribution in [0.25, 0.3) is 5.70 Å². The number of fused-ring (bicyclic) bond motifs is 1. The van der Waals surface area contributed by atoms with Crippen molar-refractivity contribution in [1.82, 2.24) is 10.0 Å². The highest BCUT2D eigenvalue weighted by molar-refractivity contribution is 5.70. The summed E-state index contributed by atoms with van der Waals surface area (Å²) in [6, 6.07) is 5.02. The van der Waals surface area contributed by atoms with E-state index in [1.54, 1.807) is 0 Å². The van der Waals surface area contributed by atoms with E-state index in [1.165, 1.54) is 6.07 Å². The maximum absolute atomic E-state index is 14.0. The number of halogens is 12. The molecule has 14 heteroatoms. The molecule has 2 aliphatic heterocycles. The Balaban J connectivity index is 2.52. The molecule has 3 rings (SSSR count). The molecule has 0 atom stereocenters. The van der Waals surface area contributed by atoms with E-state index in [-0.39, 0.29) is 0 Å². The van der Waals surface area contributed by atoms with Crippen molar-refractivity contribution in [3.8, 4) is 0 Å². The van der Waals surface area contributed by atoms with Crippen molar-refractivity contribution < 1.29 is 52.7 Å². The lowest BCUT2D eigenvalue weighted by Crippen LogP contribution is -2.72. The Bertz CT molecular complexity index is 877. The summed E-state index contributed by atoms with van der Waals surface area (Å²) in [7, 11) is 0. The third-order valence-corrected chi connectivity index (χ3v) is 5.60. The zero-order valence-corrected chi connectivity index (χ0v) is 16.1. The first-order chi connectivity index (χ1) is 14.2. The summed E-state index contributed by atoms with van der Waals surface area (Å²) < 4.78 is 168. The van der Waals surface area contributed by atoms with Gasteiger partial charge in [-0.2, -0.15) is 57.7 Å². The van der Waals surface area contributed by atoms with Gasteiger partial charge < -0.3 is 0 Å². The summed E-state index contributed by atoms with van der Waals surface area (Å²) >= 11 is 0. The topological polar surface area (TPSA) is 6.48 Å². The summed E-state index contributed by atoms with van der Waals surface area (Å²) in [6.45, 7) is 0.959. The van der Waals surface area contributed by atoms with Gasteiger partial charge in [-0.25, -0.2) is 0 Å². The standard InChI is InChI=1S/C18H14F12N2/c1-12(2)9-14(17(25,26)27,18(28,29)30)31-11(10-6-4-3-5-7-10)8-13(32(12)31,15(19,20)21)16(22,23)24/h3-8H,9H2,1-2H3. The molecule has 0 radical (unpaired) electrons. The van der Waals surface area contributed by atoms with Crippen LogP contribution in [0.15, 0.2) is 36.4 Å². The Hall–Kier alpha value is -2.12. The lowest BCUT2D eigenvalue weighted by Gasteiger charge is -2.48. The van der Waals surface area contributed by atoms with Crippen LogP contribution < -0.4 is 0 Å². The van der Waals surface area contributed by atoms with E-state index in [1.807, 2.05) is 0 Å².